The van der Waals surface area contributed by atoms with Gasteiger partial charge in [-0.3, -0.25) is 4.79 Å². The number of nitrogens with zero attached hydrogens (tertiary/aromatic N) is 2. The van der Waals surface area contributed by atoms with Gasteiger partial charge < -0.3 is 14.5 Å². The Labute approximate surface area is 228 Å². The molecule has 0 saturated heterocycles. The van der Waals surface area contributed by atoms with Gasteiger partial charge in [0, 0.05) is 11.4 Å². The third kappa shape index (κ3) is 7.08. The third-order valence-corrected chi connectivity index (χ3v) is 7.99. The summed E-state index contributed by atoms with van der Waals surface area (Å²) in [6, 6.07) is 13.0. The lowest BCUT2D eigenvalue weighted by Crippen LogP contribution is -2.15. The molecule has 0 atom stereocenters. The Hall–Kier alpha value is -3.04. The summed E-state index contributed by atoms with van der Waals surface area (Å²) in [6.45, 7) is 2.22. The fourth-order valence-corrected chi connectivity index (χ4v) is 5.60. The number of rotatable bonds is 15. The van der Waals surface area contributed by atoms with Gasteiger partial charge in [0.1, 0.15) is 4.90 Å². The number of unbranched alkanes of at least 4 members (excludes halogenated alkanes) is 9. The summed E-state index contributed by atoms with van der Waals surface area (Å²) >= 11 is 6.17. The van der Waals surface area contributed by atoms with Crippen LogP contribution in [0.3, 0.4) is 0 Å². The second-order valence-corrected chi connectivity index (χ2v) is 11.5. The van der Waals surface area contributed by atoms with E-state index < -0.39 is 10.1 Å². The van der Waals surface area contributed by atoms with Crippen LogP contribution in [0.2, 0.25) is 5.02 Å². The van der Waals surface area contributed by atoms with Crippen LogP contribution in [0.1, 0.15) is 77.6 Å². The minimum Gasteiger partial charge on any atom is -0.371 e. The number of aromatic nitrogens is 3. The molecule has 204 valence electrons. The van der Waals surface area contributed by atoms with Gasteiger partial charge >= 0.3 is 10.1 Å². The van der Waals surface area contributed by atoms with E-state index in [0.717, 1.165) is 19.3 Å². The Morgan fingerprint density at radius 2 is 1.63 bits per heavy atom. The molecule has 0 bridgehead atoms. The minimum absolute atomic E-state index is 0.00106. The summed E-state index contributed by atoms with van der Waals surface area (Å²) in [4.78, 5) is 15.9. The van der Waals surface area contributed by atoms with E-state index >= 15 is 0 Å². The minimum atomic E-state index is -4.17. The van der Waals surface area contributed by atoms with E-state index in [-0.39, 0.29) is 22.4 Å². The standard InChI is InChI=1S/C28H35ClN4O4S/c1-2-3-4-5-6-7-8-9-10-14-17-25(34)31-27-26(37-38(35,36)22-15-12-11-13-16-22)28-30-23-19-18-21(29)20-24(23)33(28)32-27/h11-13,15-16,18-20,30H,2-10,14,17H2,1H3,(H,31,32,34). The number of nitrogens with one attached hydrogen (secondary N) is 2. The fraction of sp³-hybridized carbons (Fsp3) is 0.429. The number of anilines is 1. The van der Waals surface area contributed by atoms with Gasteiger partial charge in [0.15, 0.2) is 5.65 Å². The first kappa shape index (κ1) is 28.0. The SMILES string of the molecule is CCCCCCCCCCCCC(=O)Nc1nn2c([nH]c3ccc(Cl)cc32)c1OS(=O)(=O)c1ccccc1. The number of carbonyl (C=O) groups excluding carboxylic acids is 1. The molecule has 2 N–H and O–H groups in total. The Bertz CT molecular complexity index is 1460. The molecule has 2 aromatic carbocycles. The van der Waals surface area contributed by atoms with Gasteiger partial charge in [0.05, 0.1) is 11.0 Å². The Kier molecular flexibility index (Phi) is 9.69. The lowest BCUT2D eigenvalue weighted by Gasteiger charge is -2.08. The summed E-state index contributed by atoms with van der Waals surface area (Å²) in [5.74, 6) is -0.276. The highest BCUT2D eigenvalue weighted by molar-refractivity contribution is 7.87. The van der Waals surface area contributed by atoms with Crippen LogP contribution in [-0.2, 0) is 14.9 Å². The number of aromatic amines is 1. The molecule has 0 aliphatic carbocycles. The number of hydrogen-bond acceptors (Lipinski definition) is 5. The van der Waals surface area contributed by atoms with Crippen molar-refractivity contribution in [2.45, 2.75) is 82.4 Å². The Morgan fingerprint density at radius 1 is 0.974 bits per heavy atom. The van der Waals surface area contributed by atoms with Crippen molar-refractivity contribution in [3.05, 3.63) is 53.6 Å². The number of halogens is 1. The maximum absolute atomic E-state index is 13.0. The molecule has 0 unspecified atom stereocenters. The largest absolute Gasteiger partial charge is 0.371 e. The normalized spacial score (nSPS) is 11.8. The molecule has 0 saturated carbocycles. The van der Waals surface area contributed by atoms with Crippen LogP contribution in [0.15, 0.2) is 53.4 Å². The lowest BCUT2D eigenvalue weighted by molar-refractivity contribution is -0.116. The van der Waals surface area contributed by atoms with Crippen LogP contribution in [0.25, 0.3) is 16.7 Å². The summed E-state index contributed by atoms with van der Waals surface area (Å²) in [5, 5.41) is 7.72. The van der Waals surface area contributed by atoms with Crippen molar-refractivity contribution >= 4 is 50.1 Å². The average molecular weight is 559 g/mol. The van der Waals surface area contributed by atoms with Crippen LogP contribution in [0.4, 0.5) is 5.82 Å². The molecule has 1 amide bonds. The Balaban J connectivity index is 1.43. The van der Waals surface area contributed by atoms with Crippen LogP contribution in [0, 0.1) is 0 Å². The van der Waals surface area contributed by atoms with Crippen molar-refractivity contribution < 1.29 is 17.4 Å². The highest BCUT2D eigenvalue weighted by Crippen LogP contribution is 2.35. The molecule has 8 nitrogen and oxygen atoms in total. The number of imidazole rings is 1. The number of benzene rings is 2. The Morgan fingerprint density at radius 3 is 2.32 bits per heavy atom. The molecule has 4 aromatic rings. The highest BCUT2D eigenvalue weighted by atomic mass is 35.5. The average Bonchev–Trinajstić information content (AvgIpc) is 3.41. The predicted octanol–water partition coefficient (Wildman–Crippen LogP) is 7.49. The van der Waals surface area contributed by atoms with E-state index in [2.05, 4.69) is 22.3 Å². The fourth-order valence-electron chi connectivity index (χ4n) is 4.47. The maximum atomic E-state index is 13.0. The highest BCUT2D eigenvalue weighted by Gasteiger charge is 2.26. The van der Waals surface area contributed by atoms with Crippen LogP contribution >= 0.6 is 11.6 Å². The number of hydrogen-bond donors (Lipinski definition) is 2. The molecule has 38 heavy (non-hydrogen) atoms. The molecule has 0 aliphatic rings. The third-order valence-electron chi connectivity index (χ3n) is 6.52. The first-order valence-corrected chi connectivity index (χ1v) is 15.2. The molecule has 10 heteroatoms. The molecule has 2 heterocycles. The first-order valence-electron chi connectivity index (χ1n) is 13.4. The van der Waals surface area contributed by atoms with Crippen molar-refractivity contribution in [2.24, 2.45) is 0 Å². The van der Waals surface area contributed by atoms with Crippen molar-refractivity contribution in [3.63, 3.8) is 0 Å². The van der Waals surface area contributed by atoms with Gasteiger partial charge in [-0.2, -0.15) is 8.42 Å². The molecular formula is C28H35ClN4O4S. The molecule has 0 spiro atoms. The van der Waals surface area contributed by atoms with Crippen LogP contribution in [-0.4, -0.2) is 28.9 Å². The van der Waals surface area contributed by atoms with Gasteiger partial charge in [0.2, 0.25) is 17.5 Å². The zero-order valence-corrected chi connectivity index (χ0v) is 23.3. The molecule has 0 fully saturated rings. The molecule has 0 aliphatic heterocycles. The summed E-state index contributed by atoms with van der Waals surface area (Å²) in [7, 11) is -4.17. The zero-order chi connectivity index (χ0) is 27.0. The summed E-state index contributed by atoms with van der Waals surface area (Å²) in [6.07, 6.45) is 12.1. The van der Waals surface area contributed by atoms with Gasteiger partial charge in [0.25, 0.3) is 0 Å². The smallest absolute Gasteiger partial charge is 0.339 e. The number of H-pyrrole nitrogens is 1. The van der Waals surface area contributed by atoms with Crippen LogP contribution < -0.4 is 9.50 Å². The van der Waals surface area contributed by atoms with E-state index in [1.807, 2.05) is 0 Å². The first-order chi connectivity index (χ1) is 18.4. The topological polar surface area (TPSA) is 106 Å². The molecule has 2 aromatic heterocycles. The van der Waals surface area contributed by atoms with Crippen LogP contribution in [0.5, 0.6) is 5.75 Å². The second kappa shape index (κ2) is 13.2. The predicted molar refractivity (Wildman–Crippen MR) is 151 cm³/mol. The zero-order valence-electron chi connectivity index (χ0n) is 21.7. The maximum Gasteiger partial charge on any atom is 0.339 e. The van der Waals surface area contributed by atoms with Crippen molar-refractivity contribution in [3.8, 4) is 5.75 Å². The van der Waals surface area contributed by atoms with Gasteiger partial charge in [-0.1, -0.05) is 94.5 Å². The van der Waals surface area contributed by atoms with Crippen molar-refractivity contribution in [1.82, 2.24) is 14.6 Å². The molecule has 0 radical (unpaired) electrons. The van der Waals surface area contributed by atoms with Crippen molar-refractivity contribution in [2.75, 3.05) is 5.32 Å². The van der Waals surface area contributed by atoms with E-state index in [4.69, 9.17) is 15.8 Å². The number of amides is 1. The van der Waals surface area contributed by atoms with E-state index in [0.29, 0.717) is 28.1 Å². The summed E-state index contributed by atoms with van der Waals surface area (Å²) < 4.78 is 33.1. The van der Waals surface area contributed by atoms with Gasteiger partial charge in [-0.25, -0.2) is 4.52 Å². The lowest BCUT2D eigenvalue weighted by atomic mass is 10.1. The monoisotopic (exact) mass is 558 g/mol. The van der Waals surface area contributed by atoms with E-state index in [9.17, 15) is 13.2 Å². The number of carbonyl (C=O) groups is 1. The number of fused-ring (bicyclic) bond motifs is 3. The summed E-state index contributed by atoms with van der Waals surface area (Å²) in [5.41, 5.74) is 1.63. The van der Waals surface area contributed by atoms with E-state index in [1.165, 1.54) is 61.6 Å². The molecule has 4 rings (SSSR count). The van der Waals surface area contributed by atoms with Crippen molar-refractivity contribution in [1.29, 1.82) is 0 Å². The quantitative estimate of drug-likeness (QED) is 0.116. The van der Waals surface area contributed by atoms with Gasteiger partial charge in [-0.15, -0.1) is 5.10 Å². The van der Waals surface area contributed by atoms with Gasteiger partial charge in [-0.05, 0) is 36.8 Å². The van der Waals surface area contributed by atoms with E-state index in [1.54, 1.807) is 36.4 Å². The second-order valence-electron chi connectivity index (χ2n) is 9.56. The molecular weight excluding hydrogens is 524 g/mol.